The van der Waals surface area contributed by atoms with Crippen LogP contribution < -0.4 is 15.2 Å². The van der Waals surface area contributed by atoms with Crippen molar-refractivity contribution in [3.63, 3.8) is 0 Å². The molecule has 5 nitrogen and oxygen atoms in total. The van der Waals surface area contributed by atoms with E-state index < -0.39 is 0 Å². The van der Waals surface area contributed by atoms with Crippen molar-refractivity contribution in [1.29, 1.82) is 0 Å². The van der Waals surface area contributed by atoms with Crippen LogP contribution in [0.5, 0.6) is 17.2 Å². The molecule has 0 bridgehead atoms. The van der Waals surface area contributed by atoms with E-state index in [9.17, 15) is 0 Å². The third-order valence-electron chi connectivity index (χ3n) is 2.10. The van der Waals surface area contributed by atoms with E-state index in [1.807, 2.05) is 7.05 Å². The van der Waals surface area contributed by atoms with Gasteiger partial charge in [0.25, 0.3) is 0 Å². The van der Waals surface area contributed by atoms with Gasteiger partial charge in [0.05, 0.1) is 19.5 Å². The molecule has 0 saturated heterocycles. The number of hydrogen-bond donors (Lipinski definition) is 1. The van der Waals surface area contributed by atoms with Gasteiger partial charge in [-0.25, -0.2) is 0 Å². The number of benzene rings is 1. The van der Waals surface area contributed by atoms with Gasteiger partial charge in [0.1, 0.15) is 0 Å². The second-order valence-electron chi connectivity index (χ2n) is 3.36. The minimum atomic E-state index is 0.601. The molecule has 0 aliphatic heterocycles. The van der Waals surface area contributed by atoms with E-state index >= 15 is 0 Å². The number of nitrogens with zero attached hydrogens (tertiary/aromatic N) is 2. The summed E-state index contributed by atoms with van der Waals surface area (Å²) in [5.41, 5.74) is 6.28. The fourth-order valence-corrected chi connectivity index (χ4v) is 1.35. The molecule has 84 valence electrons. The summed E-state index contributed by atoms with van der Waals surface area (Å²) < 4.78 is 12.5. The van der Waals surface area contributed by atoms with Crippen LogP contribution in [0, 0.1) is 0 Å². The second kappa shape index (κ2) is 4.14. The molecule has 0 radical (unpaired) electrons. The van der Waals surface area contributed by atoms with E-state index in [2.05, 4.69) is 5.10 Å². The Balaban J connectivity index is 2.27. The number of hydrogen-bond acceptors (Lipinski definition) is 4. The van der Waals surface area contributed by atoms with Gasteiger partial charge >= 0.3 is 0 Å². The zero-order valence-electron chi connectivity index (χ0n) is 9.18. The molecule has 16 heavy (non-hydrogen) atoms. The summed E-state index contributed by atoms with van der Waals surface area (Å²) in [6.07, 6.45) is 3.41. The predicted molar refractivity (Wildman–Crippen MR) is 60.7 cm³/mol. The maximum atomic E-state index is 5.65. The molecule has 5 heteroatoms. The van der Waals surface area contributed by atoms with Gasteiger partial charge in [-0.15, -0.1) is 0 Å². The zero-order valence-corrected chi connectivity index (χ0v) is 9.18. The van der Waals surface area contributed by atoms with Gasteiger partial charge in [-0.1, -0.05) is 0 Å². The molecule has 0 aliphatic carbocycles. The van der Waals surface area contributed by atoms with E-state index in [0.717, 1.165) is 0 Å². The summed E-state index contributed by atoms with van der Waals surface area (Å²) in [7, 11) is 3.40. The van der Waals surface area contributed by atoms with Gasteiger partial charge in [0.15, 0.2) is 17.2 Å². The Morgan fingerprint density at radius 2 is 2.12 bits per heavy atom. The highest BCUT2D eigenvalue weighted by Gasteiger charge is 2.06. The summed E-state index contributed by atoms with van der Waals surface area (Å²) in [5.74, 6) is 1.87. The lowest BCUT2D eigenvalue weighted by Crippen LogP contribution is -1.92. The molecular weight excluding hydrogens is 206 g/mol. The van der Waals surface area contributed by atoms with Crippen LogP contribution in [-0.4, -0.2) is 16.9 Å². The summed E-state index contributed by atoms with van der Waals surface area (Å²) in [6, 6.07) is 5.24. The van der Waals surface area contributed by atoms with Crippen LogP contribution in [0.25, 0.3) is 0 Å². The Bertz CT molecular complexity index is 494. The van der Waals surface area contributed by atoms with E-state index in [1.165, 1.54) is 0 Å². The summed E-state index contributed by atoms with van der Waals surface area (Å²) >= 11 is 0. The summed E-state index contributed by atoms with van der Waals surface area (Å²) in [6.45, 7) is 0. The molecule has 1 aromatic carbocycles. The number of ether oxygens (including phenoxy) is 2. The highest BCUT2D eigenvalue weighted by molar-refractivity contribution is 5.52. The minimum Gasteiger partial charge on any atom is -0.493 e. The maximum Gasteiger partial charge on any atom is 0.169 e. The molecule has 1 heterocycles. The monoisotopic (exact) mass is 219 g/mol. The van der Waals surface area contributed by atoms with Crippen LogP contribution in [0.1, 0.15) is 0 Å². The lowest BCUT2D eigenvalue weighted by atomic mass is 10.3. The molecule has 2 aromatic rings. The smallest absolute Gasteiger partial charge is 0.169 e. The zero-order chi connectivity index (χ0) is 11.5. The van der Waals surface area contributed by atoms with Gasteiger partial charge in [-0.2, -0.15) is 5.10 Å². The quantitative estimate of drug-likeness (QED) is 0.799. The van der Waals surface area contributed by atoms with Crippen molar-refractivity contribution < 1.29 is 9.47 Å². The van der Waals surface area contributed by atoms with Crippen molar-refractivity contribution in [2.75, 3.05) is 12.8 Å². The highest BCUT2D eigenvalue weighted by Crippen LogP contribution is 2.32. The largest absolute Gasteiger partial charge is 0.493 e. The second-order valence-corrected chi connectivity index (χ2v) is 3.36. The van der Waals surface area contributed by atoms with E-state index in [4.69, 9.17) is 15.2 Å². The molecular formula is C11H13N3O2. The fraction of sp³-hybridized carbons (Fsp3) is 0.182. The van der Waals surface area contributed by atoms with Gasteiger partial charge in [0.2, 0.25) is 0 Å². The molecule has 0 fully saturated rings. The minimum absolute atomic E-state index is 0.601. The average Bonchev–Trinajstić information content (AvgIpc) is 2.67. The van der Waals surface area contributed by atoms with Crippen molar-refractivity contribution >= 4 is 5.69 Å². The topological polar surface area (TPSA) is 62.3 Å². The fourth-order valence-electron chi connectivity index (χ4n) is 1.35. The molecule has 0 amide bonds. The first-order chi connectivity index (χ1) is 7.69. The van der Waals surface area contributed by atoms with E-state index in [1.54, 1.807) is 42.4 Å². The highest BCUT2D eigenvalue weighted by atomic mass is 16.5. The first-order valence-electron chi connectivity index (χ1n) is 4.79. The Labute approximate surface area is 93.4 Å². The number of anilines is 1. The van der Waals surface area contributed by atoms with Gasteiger partial charge in [-0.3, -0.25) is 4.68 Å². The lowest BCUT2D eigenvalue weighted by Gasteiger charge is -2.08. The Morgan fingerprint density at radius 3 is 2.75 bits per heavy atom. The third-order valence-corrected chi connectivity index (χ3v) is 2.10. The normalized spacial score (nSPS) is 10.1. The van der Waals surface area contributed by atoms with Crippen molar-refractivity contribution in [2.24, 2.45) is 7.05 Å². The molecule has 0 atom stereocenters. The maximum absolute atomic E-state index is 5.65. The molecule has 2 N–H and O–H groups in total. The SMILES string of the molecule is COc1cc(N)ccc1Oc1cnn(C)c1. The molecule has 0 unspecified atom stereocenters. The molecule has 1 aromatic heterocycles. The van der Waals surface area contributed by atoms with Crippen LogP contribution in [0.2, 0.25) is 0 Å². The number of rotatable bonds is 3. The molecule has 0 aliphatic rings. The van der Waals surface area contributed by atoms with Crippen LogP contribution in [0.3, 0.4) is 0 Å². The van der Waals surface area contributed by atoms with E-state index in [0.29, 0.717) is 22.9 Å². The van der Waals surface area contributed by atoms with Gasteiger partial charge in [-0.05, 0) is 12.1 Å². The van der Waals surface area contributed by atoms with Crippen LogP contribution in [-0.2, 0) is 7.05 Å². The Kier molecular flexibility index (Phi) is 2.68. The number of aromatic nitrogens is 2. The lowest BCUT2D eigenvalue weighted by molar-refractivity contribution is 0.379. The number of methoxy groups -OCH3 is 1. The Morgan fingerprint density at radius 1 is 1.31 bits per heavy atom. The van der Waals surface area contributed by atoms with Gasteiger partial charge in [0, 0.05) is 18.8 Å². The predicted octanol–water partition coefficient (Wildman–Crippen LogP) is 1.80. The van der Waals surface area contributed by atoms with Crippen LogP contribution in [0.4, 0.5) is 5.69 Å². The summed E-state index contributed by atoms with van der Waals surface area (Å²) in [4.78, 5) is 0. The first kappa shape index (κ1) is 10.4. The van der Waals surface area contributed by atoms with Crippen molar-refractivity contribution in [2.45, 2.75) is 0 Å². The average molecular weight is 219 g/mol. The molecule has 0 saturated carbocycles. The van der Waals surface area contributed by atoms with Crippen molar-refractivity contribution in [3.05, 3.63) is 30.6 Å². The van der Waals surface area contributed by atoms with Crippen molar-refractivity contribution in [3.8, 4) is 17.2 Å². The third kappa shape index (κ3) is 2.08. The first-order valence-corrected chi connectivity index (χ1v) is 4.79. The molecule has 0 spiro atoms. The number of nitrogens with two attached hydrogens (primary N) is 1. The van der Waals surface area contributed by atoms with Crippen molar-refractivity contribution in [1.82, 2.24) is 9.78 Å². The van der Waals surface area contributed by atoms with Gasteiger partial charge < -0.3 is 15.2 Å². The molecule has 2 rings (SSSR count). The number of aryl methyl sites for hydroxylation is 1. The number of nitrogen functional groups attached to an aromatic ring is 1. The van der Waals surface area contributed by atoms with E-state index in [-0.39, 0.29) is 0 Å². The standard InChI is InChI=1S/C11H13N3O2/c1-14-7-9(6-13-14)16-10-4-3-8(12)5-11(10)15-2/h3-7H,12H2,1-2H3. The Hall–Kier alpha value is -2.17. The van der Waals surface area contributed by atoms with Crippen LogP contribution >= 0.6 is 0 Å². The summed E-state index contributed by atoms with van der Waals surface area (Å²) in [5, 5.41) is 4.01. The van der Waals surface area contributed by atoms with Crippen LogP contribution in [0.15, 0.2) is 30.6 Å².